The third kappa shape index (κ3) is 1.64. The molecule has 1 aromatic rings. The van der Waals surface area contributed by atoms with Crippen molar-refractivity contribution < 1.29 is 15.0 Å². The Labute approximate surface area is 83.5 Å². The van der Waals surface area contributed by atoms with Crippen molar-refractivity contribution in [1.82, 2.24) is 0 Å². The van der Waals surface area contributed by atoms with Gasteiger partial charge in [0.2, 0.25) is 0 Å². The van der Waals surface area contributed by atoms with Crippen LogP contribution in [0.5, 0.6) is 11.5 Å². The minimum atomic E-state index is -1.00. The molecule has 0 unspecified atom stereocenters. The van der Waals surface area contributed by atoms with Gasteiger partial charge in [-0.25, -0.2) is 0 Å². The smallest absolute Gasteiger partial charge is 0.256 e. The van der Waals surface area contributed by atoms with Gasteiger partial charge in [-0.1, -0.05) is 23.2 Å². The number of hydrogen-bond acceptors (Lipinski definition) is 3. The van der Waals surface area contributed by atoms with Crippen LogP contribution in [0, 0.1) is 0 Å². The maximum atomic E-state index is 10.7. The molecule has 0 spiro atoms. The predicted octanol–water partition coefficient (Wildman–Crippen LogP) is 1.50. The lowest BCUT2D eigenvalue weighted by Gasteiger charge is -2.06. The minimum Gasteiger partial charge on any atom is -0.505 e. The lowest BCUT2D eigenvalue weighted by Crippen LogP contribution is -2.11. The third-order valence-corrected chi connectivity index (χ3v) is 2.00. The highest BCUT2D eigenvalue weighted by Crippen LogP contribution is 2.39. The van der Waals surface area contributed by atoms with Crippen LogP contribution in [-0.2, 0) is 0 Å². The first-order valence-corrected chi connectivity index (χ1v) is 3.90. The Morgan fingerprint density at radius 3 is 1.92 bits per heavy atom. The molecule has 0 saturated carbocycles. The van der Waals surface area contributed by atoms with E-state index in [2.05, 4.69) is 0 Å². The number of primary amides is 1. The van der Waals surface area contributed by atoms with Crippen LogP contribution < -0.4 is 5.73 Å². The van der Waals surface area contributed by atoms with Gasteiger partial charge >= 0.3 is 0 Å². The molecule has 0 radical (unpaired) electrons. The molecule has 0 heterocycles. The number of halogens is 2. The standard InChI is InChI=1S/C7H5Cl2NO3/c8-2-1-3(9)6(12)4(5(2)11)7(10)13/h1,11-12H,(H2,10,13). The monoisotopic (exact) mass is 221 g/mol. The van der Waals surface area contributed by atoms with Gasteiger partial charge in [-0.05, 0) is 6.07 Å². The molecule has 0 atom stereocenters. The lowest BCUT2D eigenvalue weighted by atomic mass is 10.1. The molecular formula is C7H5Cl2NO3. The van der Waals surface area contributed by atoms with Crippen molar-refractivity contribution >= 4 is 29.1 Å². The minimum absolute atomic E-state index is 0.142. The Balaban J connectivity index is 3.56. The molecule has 0 bridgehead atoms. The molecule has 0 aliphatic heterocycles. The van der Waals surface area contributed by atoms with Crippen LogP contribution in [0.15, 0.2) is 6.07 Å². The number of hydrogen-bond donors (Lipinski definition) is 3. The summed E-state index contributed by atoms with van der Waals surface area (Å²) < 4.78 is 0. The summed E-state index contributed by atoms with van der Waals surface area (Å²) in [5, 5.41) is 18.2. The van der Waals surface area contributed by atoms with Crippen LogP contribution in [0.25, 0.3) is 0 Å². The van der Waals surface area contributed by atoms with E-state index >= 15 is 0 Å². The highest BCUT2D eigenvalue weighted by atomic mass is 35.5. The number of carbonyl (C=O) groups is 1. The van der Waals surface area contributed by atoms with Gasteiger partial charge < -0.3 is 15.9 Å². The SMILES string of the molecule is NC(=O)c1c(O)c(Cl)cc(Cl)c1O. The predicted molar refractivity (Wildman–Crippen MR) is 48.3 cm³/mol. The number of rotatable bonds is 1. The van der Waals surface area contributed by atoms with Crippen molar-refractivity contribution in [2.75, 3.05) is 0 Å². The number of amides is 1. The van der Waals surface area contributed by atoms with Gasteiger partial charge in [0.25, 0.3) is 5.91 Å². The molecule has 70 valence electrons. The van der Waals surface area contributed by atoms with Crippen molar-refractivity contribution in [3.8, 4) is 11.5 Å². The second-order valence-corrected chi connectivity index (χ2v) is 3.09. The molecule has 4 nitrogen and oxygen atoms in total. The molecule has 0 saturated heterocycles. The van der Waals surface area contributed by atoms with Gasteiger partial charge in [-0.3, -0.25) is 4.79 Å². The summed E-state index contributed by atoms with van der Waals surface area (Å²) in [6, 6.07) is 1.11. The topological polar surface area (TPSA) is 83.6 Å². The molecule has 0 aliphatic carbocycles. The molecule has 0 aromatic heterocycles. The zero-order valence-corrected chi connectivity index (χ0v) is 7.73. The van der Waals surface area contributed by atoms with E-state index < -0.39 is 23.0 Å². The fourth-order valence-electron chi connectivity index (χ4n) is 0.832. The van der Waals surface area contributed by atoms with Crippen molar-refractivity contribution in [3.63, 3.8) is 0 Å². The van der Waals surface area contributed by atoms with Crippen LogP contribution in [0.3, 0.4) is 0 Å². The normalized spacial score (nSPS) is 10.0. The Kier molecular flexibility index (Phi) is 2.54. The zero-order valence-electron chi connectivity index (χ0n) is 6.21. The summed E-state index contributed by atoms with van der Waals surface area (Å²) >= 11 is 11.0. The van der Waals surface area contributed by atoms with E-state index in [0.717, 1.165) is 6.07 Å². The molecular weight excluding hydrogens is 217 g/mol. The third-order valence-electron chi connectivity index (χ3n) is 1.43. The van der Waals surface area contributed by atoms with Crippen molar-refractivity contribution in [2.24, 2.45) is 5.73 Å². The van der Waals surface area contributed by atoms with Gasteiger partial charge in [0.15, 0.2) is 11.5 Å². The van der Waals surface area contributed by atoms with Crippen molar-refractivity contribution in [3.05, 3.63) is 21.7 Å². The first kappa shape index (κ1) is 9.95. The second kappa shape index (κ2) is 3.32. The molecule has 13 heavy (non-hydrogen) atoms. The molecule has 1 amide bonds. The Hall–Kier alpha value is -1.13. The van der Waals surface area contributed by atoms with Crippen molar-refractivity contribution in [1.29, 1.82) is 0 Å². The maximum Gasteiger partial charge on any atom is 0.256 e. The number of benzene rings is 1. The van der Waals surface area contributed by atoms with Gasteiger partial charge in [-0.2, -0.15) is 0 Å². The summed E-state index contributed by atoms with van der Waals surface area (Å²) in [7, 11) is 0. The van der Waals surface area contributed by atoms with Crippen LogP contribution in [-0.4, -0.2) is 16.1 Å². The van der Waals surface area contributed by atoms with E-state index in [9.17, 15) is 15.0 Å². The highest BCUT2D eigenvalue weighted by molar-refractivity contribution is 6.37. The van der Waals surface area contributed by atoms with Crippen LogP contribution in [0.4, 0.5) is 0 Å². The lowest BCUT2D eigenvalue weighted by molar-refractivity contribution is 0.0995. The van der Waals surface area contributed by atoms with E-state index in [1.165, 1.54) is 0 Å². The Morgan fingerprint density at radius 1 is 1.23 bits per heavy atom. The summed E-state index contributed by atoms with van der Waals surface area (Å²) in [6.07, 6.45) is 0. The van der Waals surface area contributed by atoms with Gasteiger partial charge in [0.1, 0.15) is 5.56 Å². The Morgan fingerprint density at radius 2 is 1.62 bits per heavy atom. The number of carbonyl (C=O) groups excluding carboxylic acids is 1. The van der Waals surface area contributed by atoms with Gasteiger partial charge in [0.05, 0.1) is 10.0 Å². The largest absolute Gasteiger partial charge is 0.505 e. The van der Waals surface area contributed by atoms with Crippen LogP contribution in [0.1, 0.15) is 10.4 Å². The number of phenols is 2. The van der Waals surface area contributed by atoms with Gasteiger partial charge in [-0.15, -0.1) is 0 Å². The van der Waals surface area contributed by atoms with Crippen molar-refractivity contribution in [2.45, 2.75) is 0 Å². The van der Waals surface area contributed by atoms with Crippen LogP contribution in [0.2, 0.25) is 10.0 Å². The second-order valence-electron chi connectivity index (χ2n) is 2.28. The molecule has 0 fully saturated rings. The van der Waals surface area contributed by atoms with Gasteiger partial charge in [0, 0.05) is 0 Å². The quantitative estimate of drug-likeness (QED) is 0.673. The first-order valence-electron chi connectivity index (χ1n) is 3.15. The zero-order chi connectivity index (χ0) is 10.2. The van der Waals surface area contributed by atoms with Crippen LogP contribution >= 0.6 is 23.2 Å². The Bertz CT molecular complexity index is 352. The summed E-state index contributed by atoms with van der Waals surface area (Å²) in [5.41, 5.74) is 4.40. The van der Waals surface area contributed by atoms with E-state index in [0.29, 0.717) is 0 Å². The molecule has 6 heteroatoms. The van der Waals surface area contributed by atoms with E-state index in [1.54, 1.807) is 0 Å². The maximum absolute atomic E-state index is 10.7. The average Bonchev–Trinajstić information content (AvgIpc) is 2.01. The number of aromatic hydroxyl groups is 2. The van der Waals surface area contributed by atoms with E-state index in [4.69, 9.17) is 28.9 Å². The first-order chi connectivity index (χ1) is 5.95. The fraction of sp³-hybridized carbons (Fsp3) is 0. The molecule has 0 aliphatic rings. The average molecular weight is 222 g/mol. The summed E-state index contributed by atoms with van der Waals surface area (Å²) in [4.78, 5) is 10.7. The highest BCUT2D eigenvalue weighted by Gasteiger charge is 2.19. The molecule has 4 N–H and O–H groups in total. The van der Waals surface area contributed by atoms with E-state index in [1.807, 2.05) is 0 Å². The van der Waals surface area contributed by atoms with E-state index in [-0.39, 0.29) is 10.0 Å². The fourth-order valence-corrected chi connectivity index (χ4v) is 1.30. The summed E-state index contributed by atoms with van der Waals surface area (Å²) in [6.45, 7) is 0. The summed E-state index contributed by atoms with van der Waals surface area (Å²) in [5.74, 6) is -2.15. The molecule has 1 rings (SSSR count). The number of nitrogens with two attached hydrogens (primary N) is 1. The molecule has 1 aromatic carbocycles.